The third kappa shape index (κ3) is 3.01. The fraction of sp³-hybridized carbons (Fsp3) is 0.263. The molecule has 0 saturated heterocycles. The van der Waals surface area contributed by atoms with E-state index in [1.54, 1.807) is 24.4 Å². The van der Waals surface area contributed by atoms with Crippen molar-refractivity contribution >= 4 is 17.2 Å². The first-order valence-corrected chi connectivity index (χ1v) is 8.44. The number of alkyl halides is 2. The molecule has 1 saturated carbocycles. The maximum Gasteiger partial charge on any atom is 0.189 e. The van der Waals surface area contributed by atoms with Gasteiger partial charge in [-0.25, -0.2) is 18.2 Å². The van der Waals surface area contributed by atoms with E-state index < -0.39 is 30.4 Å². The van der Waals surface area contributed by atoms with Gasteiger partial charge in [0.2, 0.25) is 0 Å². The van der Waals surface area contributed by atoms with Crippen molar-refractivity contribution in [3.8, 4) is 16.9 Å². The van der Waals surface area contributed by atoms with Crippen molar-refractivity contribution in [2.75, 3.05) is 19.0 Å². The number of fused-ring (bicyclic) bond motifs is 1. The number of carbonyl (C=O) groups excluding carboxylic acids is 1. The van der Waals surface area contributed by atoms with Crippen LogP contribution in [0.4, 0.5) is 19.0 Å². The molecule has 1 aliphatic carbocycles. The van der Waals surface area contributed by atoms with Crippen LogP contribution in [-0.2, 0) is 0 Å². The normalized spacial score (nSPS) is 18.6. The summed E-state index contributed by atoms with van der Waals surface area (Å²) >= 11 is 0. The first kappa shape index (κ1) is 17.4. The van der Waals surface area contributed by atoms with E-state index in [1.807, 2.05) is 0 Å². The van der Waals surface area contributed by atoms with Crippen molar-refractivity contribution in [2.24, 2.45) is 5.92 Å². The Morgan fingerprint density at radius 3 is 2.81 bits per heavy atom. The quantitative estimate of drug-likeness (QED) is 0.668. The Morgan fingerprint density at radius 1 is 1.33 bits per heavy atom. The zero-order valence-electron chi connectivity index (χ0n) is 14.2. The van der Waals surface area contributed by atoms with E-state index in [0.717, 1.165) is 0 Å². The molecule has 27 heavy (non-hydrogen) atoms. The van der Waals surface area contributed by atoms with Crippen molar-refractivity contribution in [3.63, 3.8) is 0 Å². The van der Waals surface area contributed by atoms with Crippen LogP contribution in [0.25, 0.3) is 16.8 Å². The van der Waals surface area contributed by atoms with Gasteiger partial charge >= 0.3 is 0 Å². The lowest BCUT2D eigenvalue weighted by Gasteiger charge is -2.12. The molecule has 4 rings (SSSR count). The van der Waals surface area contributed by atoms with Crippen molar-refractivity contribution in [2.45, 2.75) is 12.6 Å². The number of hydrogen-bond donors (Lipinski definition) is 1. The average molecular weight is 375 g/mol. The van der Waals surface area contributed by atoms with E-state index in [9.17, 15) is 18.0 Å². The molecule has 2 atom stereocenters. The summed E-state index contributed by atoms with van der Waals surface area (Å²) in [5.41, 5.74) is 7.32. The molecule has 0 spiro atoms. The number of hydrogen-bond acceptors (Lipinski definition) is 4. The minimum Gasteiger partial charge on any atom is -0.487 e. The predicted octanol–water partition coefficient (Wildman–Crippen LogP) is 3.61. The summed E-state index contributed by atoms with van der Waals surface area (Å²) in [6.45, 7) is -1.03. The molecule has 1 aromatic carbocycles. The number of anilines is 1. The number of benzene rings is 1. The number of halogens is 3. The number of ether oxygens (including phenoxy) is 1. The van der Waals surface area contributed by atoms with Gasteiger partial charge in [0.05, 0.1) is 5.92 Å². The molecule has 140 valence electrons. The summed E-state index contributed by atoms with van der Waals surface area (Å²) in [5, 5.41) is 0. The van der Waals surface area contributed by atoms with Gasteiger partial charge in [-0.3, -0.25) is 9.20 Å². The molecular weight excluding hydrogens is 359 g/mol. The van der Waals surface area contributed by atoms with Gasteiger partial charge in [-0.15, -0.1) is 0 Å². The highest BCUT2D eigenvalue weighted by molar-refractivity contribution is 6.03. The smallest absolute Gasteiger partial charge is 0.189 e. The lowest BCUT2D eigenvalue weighted by Crippen LogP contribution is -2.10. The predicted molar refractivity (Wildman–Crippen MR) is 93.8 cm³/mol. The number of nitrogens with two attached hydrogens (primary N) is 1. The molecule has 0 unspecified atom stereocenters. The van der Waals surface area contributed by atoms with Gasteiger partial charge < -0.3 is 10.5 Å². The van der Waals surface area contributed by atoms with E-state index in [-0.39, 0.29) is 30.3 Å². The number of Topliss-reactive ketones (excluding diaryl/α,β-unsaturated/α-hetero) is 1. The summed E-state index contributed by atoms with van der Waals surface area (Å²) in [7, 11) is 0. The molecule has 0 bridgehead atoms. The van der Waals surface area contributed by atoms with Gasteiger partial charge in [-0.2, -0.15) is 0 Å². The van der Waals surface area contributed by atoms with Crippen molar-refractivity contribution in [3.05, 3.63) is 48.0 Å². The second-order valence-electron chi connectivity index (χ2n) is 6.37. The van der Waals surface area contributed by atoms with Gasteiger partial charge in [0.15, 0.2) is 23.2 Å². The highest BCUT2D eigenvalue weighted by Gasteiger charge is 2.45. The number of nitrogens with zero attached hydrogens (tertiary/aromatic N) is 2. The summed E-state index contributed by atoms with van der Waals surface area (Å²) in [6.07, 6.45) is 0.587. The monoisotopic (exact) mass is 375 g/mol. The molecule has 2 heterocycles. The second-order valence-corrected chi connectivity index (χ2v) is 6.37. The van der Waals surface area contributed by atoms with Gasteiger partial charge in [-0.1, -0.05) is 12.1 Å². The summed E-state index contributed by atoms with van der Waals surface area (Å²) < 4.78 is 46.6. The first-order valence-electron chi connectivity index (χ1n) is 8.44. The van der Waals surface area contributed by atoms with Gasteiger partial charge in [0, 0.05) is 17.3 Å². The lowest BCUT2D eigenvalue weighted by molar-refractivity contribution is 0.0952. The number of nitrogen functional groups attached to an aromatic ring is 1. The molecule has 0 radical (unpaired) electrons. The van der Waals surface area contributed by atoms with Crippen LogP contribution in [0.3, 0.4) is 0 Å². The van der Waals surface area contributed by atoms with Gasteiger partial charge in [0.25, 0.3) is 0 Å². The molecule has 1 fully saturated rings. The van der Waals surface area contributed by atoms with E-state index in [0.29, 0.717) is 16.8 Å². The third-order valence-corrected chi connectivity index (χ3v) is 4.53. The van der Waals surface area contributed by atoms with Crippen LogP contribution in [0.2, 0.25) is 0 Å². The highest BCUT2D eigenvalue weighted by Crippen LogP contribution is 2.38. The van der Waals surface area contributed by atoms with E-state index >= 15 is 0 Å². The molecule has 3 aromatic rings. The average Bonchev–Trinajstić information content (AvgIpc) is 3.29. The maximum atomic E-state index is 14.2. The van der Waals surface area contributed by atoms with Crippen molar-refractivity contribution in [1.29, 1.82) is 0 Å². The molecule has 2 N–H and O–H groups in total. The number of aromatic nitrogens is 2. The Labute approximate surface area is 152 Å². The third-order valence-electron chi connectivity index (χ3n) is 4.53. The molecular formula is C19H16F3N3O2. The Kier molecular flexibility index (Phi) is 4.25. The molecule has 8 heteroatoms. The molecule has 0 amide bonds. The fourth-order valence-electron chi connectivity index (χ4n) is 3.10. The molecule has 0 aliphatic heterocycles. The summed E-state index contributed by atoms with van der Waals surface area (Å²) in [4.78, 5) is 16.7. The van der Waals surface area contributed by atoms with Crippen molar-refractivity contribution < 1.29 is 22.7 Å². The molecule has 1 aliphatic rings. The van der Waals surface area contributed by atoms with E-state index in [1.165, 1.54) is 16.5 Å². The number of pyridine rings is 1. The second kappa shape index (κ2) is 6.61. The number of carbonyl (C=O) groups is 1. The standard InChI is InChI=1S/C19H16F3N3O2/c20-6-7-27-18-11(2-1-3-13(18)21)10-4-5-15-24-19(23)16(25(15)9-10)17(26)12-8-14(12)22/h1-5,9,12,14H,6-8,23H2/t12-,14-/m1/s1. The topological polar surface area (TPSA) is 69.6 Å². The van der Waals surface area contributed by atoms with Crippen LogP contribution >= 0.6 is 0 Å². The van der Waals surface area contributed by atoms with E-state index in [4.69, 9.17) is 10.5 Å². The van der Waals surface area contributed by atoms with Gasteiger partial charge in [0.1, 0.15) is 30.8 Å². The van der Waals surface area contributed by atoms with Crippen LogP contribution in [0.5, 0.6) is 5.75 Å². The van der Waals surface area contributed by atoms with Crippen LogP contribution in [0, 0.1) is 11.7 Å². The Morgan fingerprint density at radius 2 is 2.11 bits per heavy atom. The minimum atomic E-state index is -1.16. The zero-order valence-corrected chi connectivity index (χ0v) is 14.2. The zero-order chi connectivity index (χ0) is 19.1. The lowest BCUT2D eigenvalue weighted by atomic mass is 10.1. The van der Waals surface area contributed by atoms with Crippen LogP contribution in [0.1, 0.15) is 16.9 Å². The Bertz CT molecular complexity index is 1030. The Balaban J connectivity index is 1.83. The summed E-state index contributed by atoms with van der Waals surface area (Å²) in [5.74, 6) is -1.79. The summed E-state index contributed by atoms with van der Waals surface area (Å²) in [6, 6.07) is 7.63. The molecule has 5 nitrogen and oxygen atoms in total. The Hall–Kier alpha value is -3.03. The minimum absolute atomic E-state index is 0.0180. The highest BCUT2D eigenvalue weighted by atomic mass is 19.1. The van der Waals surface area contributed by atoms with Crippen LogP contribution in [0.15, 0.2) is 36.5 Å². The SMILES string of the molecule is Nc1nc2ccc(-c3cccc(F)c3OCCF)cn2c1C(=O)[C@@H]1C[C@H]1F. The van der Waals surface area contributed by atoms with E-state index in [2.05, 4.69) is 4.98 Å². The number of ketones is 1. The fourth-order valence-corrected chi connectivity index (χ4v) is 3.10. The number of para-hydroxylation sites is 1. The van der Waals surface area contributed by atoms with Gasteiger partial charge in [-0.05, 0) is 24.6 Å². The first-order chi connectivity index (χ1) is 13.0. The number of imidazole rings is 1. The maximum absolute atomic E-state index is 14.2. The largest absolute Gasteiger partial charge is 0.487 e. The van der Waals surface area contributed by atoms with Crippen LogP contribution in [-0.4, -0.2) is 34.6 Å². The van der Waals surface area contributed by atoms with Crippen LogP contribution < -0.4 is 10.5 Å². The molecule has 2 aromatic heterocycles. The number of rotatable bonds is 6. The van der Waals surface area contributed by atoms with Crippen molar-refractivity contribution in [1.82, 2.24) is 9.38 Å².